The van der Waals surface area contributed by atoms with Crippen LogP contribution in [0.4, 0.5) is 22.0 Å². The molecule has 2 rings (SSSR count). The molecule has 2 aromatic carbocycles. The van der Waals surface area contributed by atoms with Gasteiger partial charge in [-0.2, -0.15) is 4.39 Å². The van der Waals surface area contributed by atoms with Crippen LogP contribution >= 0.6 is 0 Å². The number of hydrogen-bond donors (Lipinski definition) is 0. The van der Waals surface area contributed by atoms with E-state index >= 15 is 0 Å². The fourth-order valence-corrected chi connectivity index (χ4v) is 2.42. The van der Waals surface area contributed by atoms with Crippen LogP contribution in [-0.4, -0.2) is 13.3 Å². The van der Waals surface area contributed by atoms with Crippen LogP contribution < -0.4 is 4.74 Å². The predicted molar refractivity (Wildman–Crippen MR) is 86.3 cm³/mol. The highest BCUT2D eigenvalue weighted by Gasteiger charge is 2.21. The molecule has 0 saturated carbocycles. The van der Waals surface area contributed by atoms with Gasteiger partial charge in [0.25, 0.3) is 0 Å². The maximum atomic E-state index is 14.3. The van der Waals surface area contributed by atoms with Gasteiger partial charge in [-0.15, -0.1) is 0 Å². The summed E-state index contributed by atoms with van der Waals surface area (Å²) in [5, 5.41) is 0. The molecule has 6 heteroatoms. The molecule has 0 bridgehead atoms. The summed E-state index contributed by atoms with van der Waals surface area (Å²) in [5.74, 6) is -5.22. The first-order valence-corrected chi connectivity index (χ1v) is 7.80. The molecule has 0 aliphatic rings. The lowest BCUT2D eigenvalue weighted by Crippen LogP contribution is -2.01. The largest absolute Gasteiger partial charge is 0.491 e. The topological polar surface area (TPSA) is 9.23 Å². The molecule has 0 amide bonds. The molecule has 1 nitrogen and oxygen atoms in total. The standard InChI is InChI=1S/C19H17F5O/c1-2-25-15-10-9-14(18(23)19(15)24)13-8-7-12(16(21)17(13)22)6-4-3-5-11-20/h3,5,7-10H,2,4,6,11H2,1H3/b5-3+. The third kappa shape index (κ3) is 4.18. The highest BCUT2D eigenvalue weighted by molar-refractivity contribution is 5.66. The van der Waals surface area contributed by atoms with Gasteiger partial charge in [-0.25, -0.2) is 17.6 Å². The summed E-state index contributed by atoms with van der Waals surface area (Å²) in [6, 6.07) is 4.82. The van der Waals surface area contributed by atoms with E-state index in [9.17, 15) is 22.0 Å². The number of alkyl halides is 1. The first kappa shape index (κ1) is 19.0. The minimum Gasteiger partial charge on any atom is -0.491 e. The molecule has 0 N–H and O–H groups in total. The van der Waals surface area contributed by atoms with Gasteiger partial charge in [0.05, 0.1) is 6.61 Å². The van der Waals surface area contributed by atoms with E-state index < -0.39 is 29.9 Å². The number of aryl methyl sites for hydroxylation is 1. The lowest BCUT2D eigenvalue weighted by Gasteiger charge is -2.11. The van der Waals surface area contributed by atoms with Gasteiger partial charge in [0.1, 0.15) is 6.67 Å². The van der Waals surface area contributed by atoms with Crippen molar-refractivity contribution in [2.75, 3.05) is 13.3 Å². The van der Waals surface area contributed by atoms with E-state index in [0.717, 1.165) is 6.07 Å². The van der Waals surface area contributed by atoms with Crippen LogP contribution in [0.25, 0.3) is 11.1 Å². The highest BCUT2D eigenvalue weighted by atomic mass is 19.2. The molecule has 0 heterocycles. The van der Waals surface area contributed by atoms with Gasteiger partial charge in [-0.05, 0) is 37.5 Å². The Morgan fingerprint density at radius 3 is 2.12 bits per heavy atom. The second-order valence-electron chi connectivity index (χ2n) is 5.24. The van der Waals surface area contributed by atoms with Crippen LogP contribution in [0.15, 0.2) is 36.4 Å². The Bertz CT molecular complexity index is 771. The fourth-order valence-electron chi connectivity index (χ4n) is 2.42. The third-order valence-corrected chi connectivity index (χ3v) is 3.64. The third-order valence-electron chi connectivity index (χ3n) is 3.64. The monoisotopic (exact) mass is 356 g/mol. The van der Waals surface area contributed by atoms with Crippen molar-refractivity contribution < 1.29 is 26.7 Å². The van der Waals surface area contributed by atoms with Crippen molar-refractivity contribution in [2.45, 2.75) is 19.8 Å². The van der Waals surface area contributed by atoms with Crippen molar-refractivity contribution in [1.82, 2.24) is 0 Å². The Morgan fingerprint density at radius 1 is 0.840 bits per heavy atom. The number of benzene rings is 2. The smallest absolute Gasteiger partial charge is 0.201 e. The lowest BCUT2D eigenvalue weighted by molar-refractivity contribution is 0.314. The van der Waals surface area contributed by atoms with Crippen LogP contribution in [0.1, 0.15) is 18.9 Å². The molecule has 25 heavy (non-hydrogen) atoms. The Morgan fingerprint density at radius 2 is 1.48 bits per heavy atom. The number of rotatable bonds is 7. The SMILES string of the molecule is CCOc1ccc(-c2ccc(CC/C=C/CF)c(F)c2F)c(F)c1F. The van der Waals surface area contributed by atoms with E-state index in [2.05, 4.69) is 0 Å². The molecule has 0 aromatic heterocycles. The van der Waals surface area contributed by atoms with Crippen LogP contribution in [-0.2, 0) is 6.42 Å². The van der Waals surface area contributed by atoms with Crippen molar-refractivity contribution in [1.29, 1.82) is 0 Å². The molecule has 0 atom stereocenters. The summed E-state index contributed by atoms with van der Waals surface area (Å²) in [6.45, 7) is 1.13. The van der Waals surface area contributed by atoms with E-state index in [-0.39, 0.29) is 35.5 Å². The van der Waals surface area contributed by atoms with Gasteiger partial charge in [0.2, 0.25) is 5.82 Å². The summed E-state index contributed by atoms with van der Waals surface area (Å²) in [7, 11) is 0. The predicted octanol–water partition coefficient (Wildman–Crippen LogP) is 5.77. The zero-order chi connectivity index (χ0) is 18.4. The van der Waals surface area contributed by atoms with Gasteiger partial charge in [0.15, 0.2) is 23.2 Å². The first-order chi connectivity index (χ1) is 12.0. The zero-order valence-corrected chi connectivity index (χ0v) is 13.6. The van der Waals surface area contributed by atoms with Crippen LogP contribution in [0.2, 0.25) is 0 Å². The number of ether oxygens (including phenoxy) is 1. The minimum absolute atomic E-state index is 0.0802. The van der Waals surface area contributed by atoms with Gasteiger partial charge >= 0.3 is 0 Å². The molecule has 134 valence electrons. The highest BCUT2D eigenvalue weighted by Crippen LogP contribution is 2.33. The van der Waals surface area contributed by atoms with Gasteiger partial charge in [-0.3, -0.25) is 0 Å². The Labute approximate surface area is 142 Å². The molecule has 0 spiro atoms. The number of hydrogen-bond acceptors (Lipinski definition) is 1. The van der Waals surface area contributed by atoms with Crippen molar-refractivity contribution >= 4 is 0 Å². The van der Waals surface area contributed by atoms with Gasteiger partial charge in [0, 0.05) is 11.1 Å². The maximum Gasteiger partial charge on any atom is 0.201 e. The zero-order valence-electron chi connectivity index (χ0n) is 13.6. The Balaban J connectivity index is 2.36. The molecule has 0 radical (unpaired) electrons. The summed E-state index contributed by atoms with van der Waals surface area (Å²) >= 11 is 0. The van der Waals surface area contributed by atoms with Crippen LogP contribution in [0, 0.1) is 23.3 Å². The lowest BCUT2D eigenvalue weighted by atomic mass is 9.99. The number of halogens is 5. The van der Waals surface area contributed by atoms with Crippen molar-refractivity contribution in [3.8, 4) is 16.9 Å². The Kier molecular flexibility index (Phi) is 6.56. The van der Waals surface area contributed by atoms with E-state index in [1.807, 2.05) is 0 Å². The summed E-state index contributed by atoms with van der Waals surface area (Å²) in [5.41, 5.74) is -0.683. The molecule has 0 saturated heterocycles. The van der Waals surface area contributed by atoms with Crippen molar-refractivity contribution in [3.63, 3.8) is 0 Å². The minimum atomic E-state index is -1.30. The summed E-state index contributed by atoms with van der Waals surface area (Å²) in [6.07, 6.45) is 3.30. The van der Waals surface area contributed by atoms with Gasteiger partial charge < -0.3 is 4.74 Å². The normalized spacial score (nSPS) is 11.3. The van der Waals surface area contributed by atoms with E-state index in [1.165, 1.54) is 30.4 Å². The Hall–Kier alpha value is -2.37. The summed E-state index contributed by atoms with van der Waals surface area (Å²) < 4.78 is 73.5. The van der Waals surface area contributed by atoms with Crippen LogP contribution in [0.5, 0.6) is 5.75 Å². The second-order valence-corrected chi connectivity index (χ2v) is 5.24. The van der Waals surface area contributed by atoms with E-state index in [1.54, 1.807) is 6.92 Å². The summed E-state index contributed by atoms with van der Waals surface area (Å²) in [4.78, 5) is 0. The molecule has 0 aliphatic carbocycles. The first-order valence-electron chi connectivity index (χ1n) is 7.80. The molecule has 0 unspecified atom stereocenters. The van der Waals surface area contributed by atoms with Crippen molar-refractivity contribution in [3.05, 3.63) is 65.2 Å². The van der Waals surface area contributed by atoms with Crippen LogP contribution in [0.3, 0.4) is 0 Å². The number of allylic oxidation sites excluding steroid dienone is 2. The fraction of sp³-hybridized carbons (Fsp3) is 0.263. The molecule has 0 aliphatic heterocycles. The van der Waals surface area contributed by atoms with E-state index in [0.29, 0.717) is 6.42 Å². The molecule has 2 aromatic rings. The maximum absolute atomic E-state index is 14.3. The quantitative estimate of drug-likeness (QED) is 0.452. The van der Waals surface area contributed by atoms with Gasteiger partial charge in [-0.1, -0.05) is 24.3 Å². The molecular weight excluding hydrogens is 339 g/mol. The van der Waals surface area contributed by atoms with E-state index in [4.69, 9.17) is 4.74 Å². The average molecular weight is 356 g/mol. The molecule has 0 fully saturated rings. The van der Waals surface area contributed by atoms with Crippen molar-refractivity contribution in [2.24, 2.45) is 0 Å². The average Bonchev–Trinajstić information content (AvgIpc) is 2.60. The molecular formula is C19H17F5O. The second kappa shape index (κ2) is 8.65.